The van der Waals surface area contributed by atoms with Crippen molar-refractivity contribution in [3.8, 4) is 11.5 Å². The Hall–Kier alpha value is -3.30. The van der Waals surface area contributed by atoms with Crippen molar-refractivity contribution in [3.63, 3.8) is 0 Å². The Kier molecular flexibility index (Phi) is 8.70. The lowest BCUT2D eigenvalue weighted by atomic mass is 10.1. The molecule has 0 unspecified atom stereocenters. The van der Waals surface area contributed by atoms with Gasteiger partial charge in [-0.2, -0.15) is 0 Å². The summed E-state index contributed by atoms with van der Waals surface area (Å²) in [5, 5.41) is 6.66. The third kappa shape index (κ3) is 6.86. The number of methoxy groups -OCH3 is 2. The Balaban J connectivity index is 1.46. The molecular weight excluding hydrogens is 412 g/mol. The van der Waals surface area contributed by atoms with Crippen molar-refractivity contribution in [1.29, 1.82) is 0 Å². The molecule has 1 saturated heterocycles. The molecule has 1 aliphatic rings. The second-order valence-electron chi connectivity index (χ2n) is 7.30. The van der Waals surface area contributed by atoms with E-state index >= 15 is 0 Å². The molecular formula is C23H30N4O5. The quantitative estimate of drug-likeness (QED) is 0.326. The maximum Gasteiger partial charge on any atom is 0.261 e. The predicted octanol–water partition coefficient (Wildman–Crippen LogP) is 1.49. The van der Waals surface area contributed by atoms with Crippen LogP contribution in [0.4, 0.5) is 0 Å². The summed E-state index contributed by atoms with van der Waals surface area (Å²) in [6, 6.07) is 13.3. The summed E-state index contributed by atoms with van der Waals surface area (Å²) in [7, 11) is 3.14. The number of nitrogens with one attached hydrogen (secondary N) is 1. The molecule has 2 aromatic carbocycles. The molecule has 1 aliphatic heterocycles. The molecule has 3 rings (SSSR count). The zero-order valence-electron chi connectivity index (χ0n) is 18.5. The van der Waals surface area contributed by atoms with E-state index in [0.29, 0.717) is 18.0 Å². The van der Waals surface area contributed by atoms with E-state index < -0.39 is 0 Å². The number of carbonyl (C=O) groups is 1. The largest absolute Gasteiger partial charge is 0.493 e. The van der Waals surface area contributed by atoms with Gasteiger partial charge in [0, 0.05) is 31.7 Å². The van der Waals surface area contributed by atoms with Crippen molar-refractivity contribution in [2.45, 2.75) is 13.1 Å². The number of nitrogens with zero attached hydrogens (tertiary/aromatic N) is 2. The minimum Gasteiger partial charge on any atom is -0.493 e. The summed E-state index contributed by atoms with van der Waals surface area (Å²) in [4.78, 5) is 19.5. The number of rotatable bonds is 10. The molecule has 1 fully saturated rings. The average molecular weight is 443 g/mol. The molecule has 0 aromatic heterocycles. The molecule has 0 radical (unpaired) electrons. The normalized spacial score (nSPS) is 14.6. The molecule has 172 valence electrons. The standard InChI is InChI=1S/C23H30N4O5/c1-29-20-7-6-17(13-21(20)30-2)14-25-22(28)16-32-26-23(24)19-5-3-4-18(12-19)15-27-8-10-31-11-9-27/h3-7,12-13H,8-11,14-16H2,1-2H3,(H2,24,26)(H,25,28). The van der Waals surface area contributed by atoms with E-state index in [0.717, 1.165) is 49.5 Å². The first-order valence-corrected chi connectivity index (χ1v) is 10.4. The molecule has 0 atom stereocenters. The lowest BCUT2D eigenvalue weighted by Crippen LogP contribution is -2.35. The van der Waals surface area contributed by atoms with Crippen LogP contribution in [0, 0.1) is 0 Å². The second-order valence-corrected chi connectivity index (χ2v) is 7.30. The molecule has 0 saturated carbocycles. The van der Waals surface area contributed by atoms with Crippen molar-refractivity contribution < 1.29 is 23.8 Å². The zero-order chi connectivity index (χ0) is 22.8. The van der Waals surface area contributed by atoms with Crippen LogP contribution in [0.1, 0.15) is 16.7 Å². The summed E-state index contributed by atoms with van der Waals surface area (Å²) in [5.41, 5.74) is 8.80. The van der Waals surface area contributed by atoms with Gasteiger partial charge in [-0.25, -0.2) is 0 Å². The summed E-state index contributed by atoms with van der Waals surface area (Å²) in [5.74, 6) is 1.15. The molecule has 32 heavy (non-hydrogen) atoms. The first-order chi connectivity index (χ1) is 15.6. The van der Waals surface area contributed by atoms with Crippen LogP contribution in [-0.4, -0.2) is 63.8 Å². The number of nitrogens with two attached hydrogens (primary N) is 1. The minimum atomic E-state index is -0.308. The number of amidine groups is 1. The fourth-order valence-electron chi connectivity index (χ4n) is 3.30. The molecule has 9 heteroatoms. The minimum absolute atomic E-state index is 0.224. The van der Waals surface area contributed by atoms with Crippen LogP contribution in [0.15, 0.2) is 47.6 Å². The van der Waals surface area contributed by atoms with Gasteiger partial charge in [0.15, 0.2) is 23.9 Å². The van der Waals surface area contributed by atoms with E-state index in [4.69, 9.17) is 24.8 Å². The van der Waals surface area contributed by atoms with Crippen molar-refractivity contribution in [2.75, 3.05) is 47.1 Å². The van der Waals surface area contributed by atoms with Gasteiger partial charge in [0.2, 0.25) is 0 Å². The number of carbonyl (C=O) groups excluding carboxylic acids is 1. The second kappa shape index (κ2) is 11.9. The molecule has 0 bridgehead atoms. The van der Waals surface area contributed by atoms with Crippen LogP contribution in [0.25, 0.3) is 0 Å². The van der Waals surface area contributed by atoms with Crippen molar-refractivity contribution in [1.82, 2.24) is 10.2 Å². The Morgan fingerprint density at radius 3 is 2.62 bits per heavy atom. The topological polar surface area (TPSA) is 108 Å². The monoisotopic (exact) mass is 442 g/mol. The Morgan fingerprint density at radius 2 is 1.88 bits per heavy atom. The van der Waals surface area contributed by atoms with E-state index in [1.807, 2.05) is 24.3 Å². The highest BCUT2D eigenvalue weighted by Crippen LogP contribution is 2.27. The number of oxime groups is 1. The van der Waals surface area contributed by atoms with Gasteiger partial charge in [0.1, 0.15) is 0 Å². The molecule has 3 N–H and O–H groups in total. The molecule has 1 amide bonds. The smallest absolute Gasteiger partial charge is 0.261 e. The lowest BCUT2D eigenvalue weighted by molar-refractivity contribution is -0.125. The number of benzene rings is 2. The third-order valence-electron chi connectivity index (χ3n) is 5.03. The maximum absolute atomic E-state index is 12.1. The number of morpholine rings is 1. The summed E-state index contributed by atoms with van der Waals surface area (Å²) in [6.07, 6.45) is 0. The van der Waals surface area contributed by atoms with Crippen LogP contribution in [0.3, 0.4) is 0 Å². The molecule has 0 aliphatic carbocycles. The van der Waals surface area contributed by atoms with Gasteiger partial charge in [-0.15, -0.1) is 0 Å². The number of ether oxygens (including phenoxy) is 3. The molecule has 2 aromatic rings. The van der Waals surface area contributed by atoms with Crippen molar-refractivity contribution >= 4 is 11.7 Å². The van der Waals surface area contributed by atoms with E-state index in [-0.39, 0.29) is 18.3 Å². The SMILES string of the molecule is COc1ccc(CNC(=O)CO/N=C(\N)c2cccc(CN3CCOCC3)c2)cc1OC. The van der Waals surface area contributed by atoms with E-state index in [9.17, 15) is 4.79 Å². The zero-order valence-corrected chi connectivity index (χ0v) is 18.5. The van der Waals surface area contributed by atoms with Crippen LogP contribution in [-0.2, 0) is 27.5 Å². The molecule has 9 nitrogen and oxygen atoms in total. The van der Waals surface area contributed by atoms with Gasteiger partial charge in [0.05, 0.1) is 27.4 Å². The molecule has 0 spiro atoms. The van der Waals surface area contributed by atoms with Crippen LogP contribution in [0.2, 0.25) is 0 Å². The lowest BCUT2D eigenvalue weighted by Gasteiger charge is -2.26. The van der Waals surface area contributed by atoms with Gasteiger partial charge in [-0.05, 0) is 29.3 Å². The highest BCUT2D eigenvalue weighted by atomic mass is 16.6. The predicted molar refractivity (Wildman–Crippen MR) is 121 cm³/mol. The van der Waals surface area contributed by atoms with Gasteiger partial charge in [0.25, 0.3) is 5.91 Å². The highest BCUT2D eigenvalue weighted by Gasteiger charge is 2.11. The van der Waals surface area contributed by atoms with Crippen molar-refractivity contribution in [2.24, 2.45) is 10.9 Å². The van der Waals surface area contributed by atoms with Gasteiger partial charge >= 0.3 is 0 Å². The van der Waals surface area contributed by atoms with E-state index in [1.54, 1.807) is 26.4 Å². The van der Waals surface area contributed by atoms with Crippen LogP contribution >= 0.6 is 0 Å². The average Bonchev–Trinajstić information content (AvgIpc) is 2.83. The van der Waals surface area contributed by atoms with Gasteiger partial charge in [-0.3, -0.25) is 9.69 Å². The first-order valence-electron chi connectivity index (χ1n) is 10.4. The number of amides is 1. The van der Waals surface area contributed by atoms with Gasteiger partial charge < -0.3 is 30.1 Å². The van der Waals surface area contributed by atoms with E-state index in [1.165, 1.54) is 0 Å². The Bertz CT molecular complexity index is 928. The number of hydrogen-bond donors (Lipinski definition) is 2. The summed E-state index contributed by atoms with van der Waals surface area (Å²) >= 11 is 0. The van der Waals surface area contributed by atoms with Crippen molar-refractivity contribution in [3.05, 3.63) is 59.2 Å². The fourth-order valence-corrected chi connectivity index (χ4v) is 3.30. The first kappa shape index (κ1) is 23.4. The van der Waals surface area contributed by atoms with Gasteiger partial charge in [-0.1, -0.05) is 29.4 Å². The maximum atomic E-state index is 12.1. The third-order valence-corrected chi connectivity index (χ3v) is 5.03. The highest BCUT2D eigenvalue weighted by molar-refractivity contribution is 5.97. The van der Waals surface area contributed by atoms with E-state index in [2.05, 4.69) is 21.4 Å². The Morgan fingerprint density at radius 1 is 1.09 bits per heavy atom. The van der Waals surface area contributed by atoms with Crippen LogP contribution in [0.5, 0.6) is 11.5 Å². The molecule has 1 heterocycles. The van der Waals surface area contributed by atoms with Crippen LogP contribution < -0.4 is 20.5 Å². The number of hydrogen-bond acceptors (Lipinski definition) is 7. The summed E-state index contributed by atoms with van der Waals surface area (Å²) < 4.78 is 15.9. The Labute approximate surface area is 188 Å². The summed E-state index contributed by atoms with van der Waals surface area (Å²) in [6.45, 7) is 4.25. The fraction of sp³-hybridized carbons (Fsp3) is 0.391.